The van der Waals surface area contributed by atoms with Crippen molar-refractivity contribution in [3.8, 4) is 0 Å². The molecule has 0 saturated carbocycles. The van der Waals surface area contributed by atoms with Gasteiger partial charge in [-0.3, -0.25) is 0 Å². The van der Waals surface area contributed by atoms with Crippen molar-refractivity contribution in [1.82, 2.24) is 0 Å². The highest BCUT2D eigenvalue weighted by atomic mass is 16.6. The van der Waals surface area contributed by atoms with Gasteiger partial charge in [0.05, 0.1) is 12.2 Å². The van der Waals surface area contributed by atoms with Crippen LogP contribution >= 0.6 is 0 Å². The summed E-state index contributed by atoms with van der Waals surface area (Å²) in [6.07, 6.45) is -9.25. The zero-order valence-electron chi connectivity index (χ0n) is 14.6. The molecular weight excluding hydrogens is 360 g/mol. The second-order valence-corrected chi connectivity index (χ2v) is 5.43. The molecule has 4 unspecified atom stereocenters. The first-order chi connectivity index (χ1) is 11.7. The van der Waals surface area contributed by atoms with E-state index in [2.05, 4.69) is 9.47 Å². The Morgan fingerprint density at radius 2 is 0.808 bits per heavy atom. The number of carbonyl (C=O) groups is 4. The van der Waals surface area contributed by atoms with Gasteiger partial charge in [-0.2, -0.15) is 0 Å². The van der Waals surface area contributed by atoms with Crippen LogP contribution in [0.4, 0.5) is 0 Å². The van der Waals surface area contributed by atoms with E-state index >= 15 is 0 Å². The molecule has 0 fully saturated rings. The summed E-state index contributed by atoms with van der Waals surface area (Å²) in [5.41, 5.74) is 0. The minimum Gasteiger partial charge on any atom is -0.479 e. The summed E-state index contributed by atoms with van der Waals surface area (Å²) in [5, 5.41) is 51.1. The lowest BCUT2D eigenvalue weighted by atomic mass is 10.2. The van der Waals surface area contributed by atoms with E-state index in [1.54, 1.807) is 27.7 Å². The third kappa shape index (κ3) is 10.6. The van der Waals surface area contributed by atoms with Crippen molar-refractivity contribution in [2.24, 2.45) is 0 Å². The summed E-state index contributed by atoms with van der Waals surface area (Å²) in [7, 11) is 0. The van der Waals surface area contributed by atoms with Crippen LogP contribution in [0.2, 0.25) is 0 Å². The molecule has 0 bridgehead atoms. The van der Waals surface area contributed by atoms with Gasteiger partial charge in [0.1, 0.15) is 0 Å². The molecule has 12 nitrogen and oxygen atoms in total. The predicted octanol–water partition coefficient (Wildman–Crippen LogP) is -2.51. The third-order valence-electron chi connectivity index (χ3n) is 2.29. The van der Waals surface area contributed by atoms with Crippen molar-refractivity contribution in [2.45, 2.75) is 64.3 Å². The Morgan fingerprint density at radius 3 is 0.962 bits per heavy atom. The van der Waals surface area contributed by atoms with E-state index in [-0.39, 0.29) is 0 Å². The summed E-state index contributed by atoms with van der Waals surface area (Å²) in [5.74, 6) is -5.64. The highest BCUT2D eigenvalue weighted by Crippen LogP contribution is 2.03. The molecular formula is C14H24O12. The molecule has 4 atom stereocenters. The molecule has 0 rings (SSSR count). The number of rotatable bonds is 8. The minimum absolute atomic E-state index is 0.435. The molecule has 6 N–H and O–H groups in total. The maximum Gasteiger partial charge on any atom is 0.338 e. The fourth-order valence-corrected chi connectivity index (χ4v) is 1.13. The number of aliphatic hydroxyl groups excluding tert-OH is 4. The van der Waals surface area contributed by atoms with Gasteiger partial charge >= 0.3 is 23.9 Å². The van der Waals surface area contributed by atoms with E-state index < -0.39 is 60.5 Å². The molecule has 0 aliphatic rings. The lowest BCUT2D eigenvalue weighted by Crippen LogP contribution is -2.43. The zero-order valence-corrected chi connectivity index (χ0v) is 14.6. The summed E-state index contributed by atoms with van der Waals surface area (Å²) in [6, 6.07) is 0. The van der Waals surface area contributed by atoms with Gasteiger partial charge in [-0.05, 0) is 27.7 Å². The number of hydrogen-bond acceptors (Lipinski definition) is 10. The molecule has 0 spiro atoms. The molecule has 0 saturated heterocycles. The van der Waals surface area contributed by atoms with Crippen LogP contribution < -0.4 is 0 Å². The lowest BCUT2D eigenvalue weighted by Gasteiger charge is -2.18. The Kier molecular flexibility index (Phi) is 12.1. The Bertz CT molecular complexity index is 442. The molecule has 0 heterocycles. The Balaban J connectivity index is 0. The third-order valence-corrected chi connectivity index (χ3v) is 2.29. The molecule has 0 amide bonds. The van der Waals surface area contributed by atoms with Crippen LogP contribution in [-0.2, 0) is 28.7 Å². The van der Waals surface area contributed by atoms with E-state index in [9.17, 15) is 29.4 Å². The smallest absolute Gasteiger partial charge is 0.338 e. The number of aliphatic hydroxyl groups is 4. The van der Waals surface area contributed by atoms with Gasteiger partial charge in [0, 0.05) is 0 Å². The average molecular weight is 384 g/mol. The Morgan fingerprint density at radius 1 is 0.577 bits per heavy atom. The summed E-state index contributed by atoms with van der Waals surface area (Å²) in [6.45, 7) is 6.35. The van der Waals surface area contributed by atoms with Crippen LogP contribution in [0.3, 0.4) is 0 Å². The fraction of sp³-hybridized carbons (Fsp3) is 0.714. The normalized spacial score (nSPS) is 15.2. The van der Waals surface area contributed by atoms with Crippen molar-refractivity contribution in [2.75, 3.05) is 0 Å². The molecule has 0 radical (unpaired) electrons. The number of carboxylic acids is 2. The average Bonchev–Trinajstić information content (AvgIpc) is 2.50. The maximum absolute atomic E-state index is 11.1. The van der Waals surface area contributed by atoms with Crippen LogP contribution in [0.5, 0.6) is 0 Å². The molecule has 152 valence electrons. The van der Waals surface area contributed by atoms with Gasteiger partial charge < -0.3 is 40.1 Å². The fourth-order valence-electron chi connectivity index (χ4n) is 1.13. The van der Waals surface area contributed by atoms with Gasteiger partial charge in [-0.15, -0.1) is 0 Å². The van der Waals surface area contributed by atoms with E-state index in [0.717, 1.165) is 0 Å². The minimum atomic E-state index is -2.27. The predicted molar refractivity (Wildman–Crippen MR) is 81.8 cm³/mol. The van der Waals surface area contributed by atoms with Crippen molar-refractivity contribution < 1.29 is 59.3 Å². The van der Waals surface area contributed by atoms with E-state index in [0.29, 0.717) is 0 Å². The SMILES string of the molecule is CC(C)OC(=O)C(O)C(O)C(=O)OC(C)C.O=C(O)C(O)C(O)C(=O)O. The summed E-state index contributed by atoms with van der Waals surface area (Å²) in [4.78, 5) is 41.8. The van der Waals surface area contributed by atoms with Crippen molar-refractivity contribution in [3.63, 3.8) is 0 Å². The topological polar surface area (TPSA) is 208 Å². The number of carbonyl (C=O) groups excluding carboxylic acids is 2. The van der Waals surface area contributed by atoms with Gasteiger partial charge in [-0.1, -0.05) is 0 Å². The lowest BCUT2D eigenvalue weighted by molar-refractivity contribution is -0.177. The van der Waals surface area contributed by atoms with Gasteiger partial charge in [0.2, 0.25) is 0 Å². The number of aliphatic carboxylic acids is 2. The molecule has 0 aromatic carbocycles. The quantitative estimate of drug-likeness (QED) is 0.240. The molecule has 0 aliphatic heterocycles. The van der Waals surface area contributed by atoms with Crippen LogP contribution in [0.1, 0.15) is 27.7 Å². The number of ether oxygens (including phenoxy) is 2. The highest BCUT2D eigenvalue weighted by molar-refractivity contribution is 5.85. The molecule has 0 aromatic heterocycles. The first kappa shape index (κ1) is 26.0. The molecule has 0 aliphatic carbocycles. The molecule has 26 heavy (non-hydrogen) atoms. The number of hydrogen-bond donors (Lipinski definition) is 6. The zero-order chi connectivity index (χ0) is 21.2. The largest absolute Gasteiger partial charge is 0.479 e. The van der Waals surface area contributed by atoms with Crippen molar-refractivity contribution >= 4 is 23.9 Å². The number of carboxylic acid groups (broad SMARTS) is 2. The van der Waals surface area contributed by atoms with Crippen LogP contribution in [0.15, 0.2) is 0 Å². The standard InChI is InChI=1S/C10H18O6.C4H6O6/c1-5(2)15-9(13)7(11)8(12)10(14)16-6(3)4;5-1(3(7)8)2(6)4(9)10/h5-8,11-12H,1-4H3;1-2,5-6H,(H,7,8)(H,9,10). The van der Waals surface area contributed by atoms with Gasteiger partial charge in [-0.25, -0.2) is 19.2 Å². The van der Waals surface area contributed by atoms with E-state index in [1.807, 2.05) is 0 Å². The molecule has 12 heteroatoms. The van der Waals surface area contributed by atoms with Gasteiger partial charge in [0.25, 0.3) is 0 Å². The van der Waals surface area contributed by atoms with Crippen LogP contribution in [-0.4, -0.2) is 91.1 Å². The van der Waals surface area contributed by atoms with E-state index in [1.165, 1.54) is 0 Å². The first-order valence-corrected chi connectivity index (χ1v) is 7.31. The van der Waals surface area contributed by atoms with Crippen molar-refractivity contribution in [1.29, 1.82) is 0 Å². The highest BCUT2D eigenvalue weighted by Gasteiger charge is 2.33. The second-order valence-electron chi connectivity index (χ2n) is 5.43. The summed E-state index contributed by atoms with van der Waals surface area (Å²) < 4.78 is 9.26. The Labute approximate surface area is 148 Å². The molecule has 0 aromatic rings. The maximum atomic E-state index is 11.1. The van der Waals surface area contributed by atoms with Gasteiger partial charge in [0.15, 0.2) is 24.4 Å². The number of esters is 2. The first-order valence-electron chi connectivity index (χ1n) is 7.31. The second kappa shape index (κ2) is 12.1. The van der Waals surface area contributed by atoms with Crippen LogP contribution in [0, 0.1) is 0 Å². The van der Waals surface area contributed by atoms with Crippen LogP contribution in [0.25, 0.3) is 0 Å². The monoisotopic (exact) mass is 384 g/mol. The van der Waals surface area contributed by atoms with Crippen molar-refractivity contribution in [3.05, 3.63) is 0 Å². The Hall–Kier alpha value is -2.28. The van der Waals surface area contributed by atoms with E-state index in [4.69, 9.17) is 20.4 Å². The summed E-state index contributed by atoms with van der Waals surface area (Å²) >= 11 is 0.